The zero-order valence-electron chi connectivity index (χ0n) is 7.86. The van der Waals surface area contributed by atoms with E-state index in [1.54, 1.807) is 6.20 Å². The quantitative estimate of drug-likeness (QED) is 0.726. The highest BCUT2D eigenvalue weighted by Crippen LogP contribution is 2.13. The van der Waals surface area contributed by atoms with Gasteiger partial charge in [0, 0.05) is 11.9 Å². The predicted molar refractivity (Wildman–Crippen MR) is 52.2 cm³/mol. The minimum Gasteiger partial charge on any atom is -0.324 e. The maximum Gasteiger partial charge on any atom is 0.142 e. The summed E-state index contributed by atoms with van der Waals surface area (Å²) in [7, 11) is 0. The van der Waals surface area contributed by atoms with Crippen molar-refractivity contribution >= 4 is 0 Å². The summed E-state index contributed by atoms with van der Waals surface area (Å²) in [6, 6.07) is 3.75. The fraction of sp³-hybridized carbons (Fsp3) is 0.222. The van der Waals surface area contributed by atoms with Crippen molar-refractivity contribution in [2.24, 2.45) is 5.73 Å². The van der Waals surface area contributed by atoms with E-state index in [9.17, 15) is 0 Å². The van der Waals surface area contributed by atoms with Crippen molar-refractivity contribution in [3.05, 3.63) is 29.8 Å². The lowest BCUT2D eigenvalue weighted by atomic mass is 10.3. The smallest absolute Gasteiger partial charge is 0.142 e. The molecule has 0 spiro atoms. The fourth-order valence-electron chi connectivity index (χ4n) is 1.19. The van der Waals surface area contributed by atoms with Gasteiger partial charge in [-0.3, -0.25) is 5.10 Å². The van der Waals surface area contributed by atoms with Crippen molar-refractivity contribution in [3.8, 4) is 11.4 Å². The molecule has 0 fully saturated rings. The van der Waals surface area contributed by atoms with Crippen LogP contribution in [0.4, 0.5) is 0 Å². The molecule has 2 aromatic rings. The highest BCUT2D eigenvalue weighted by molar-refractivity contribution is 5.53. The van der Waals surface area contributed by atoms with E-state index in [2.05, 4.69) is 20.2 Å². The molecule has 2 rings (SSSR count). The first-order valence-electron chi connectivity index (χ1n) is 4.34. The second-order valence-corrected chi connectivity index (χ2v) is 3.00. The molecule has 2 heterocycles. The van der Waals surface area contributed by atoms with Crippen molar-refractivity contribution in [1.82, 2.24) is 20.2 Å². The maximum atomic E-state index is 5.45. The number of aromatic amines is 1. The zero-order valence-corrected chi connectivity index (χ0v) is 7.86. The highest BCUT2D eigenvalue weighted by Gasteiger charge is 2.03. The van der Waals surface area contributed by atoms with E-state index < -0.39 is 0 Å². The standard InChI is InChI=1S/C9H11N5/c1-6-4-8(14-13-6)7-2-3-11-9(5-10)12-7/h2-4H,5,10H2,1H3,(H,13,14). The van der Waals surface area contributed by atoms with Crippen LogP contribution >= 0.6 is 0 Å². The first-order chi connectivity index (χ1) is 6.79. The molecule has 14 heavy (non-hydrogen) atoms. The summed E-state index contributed by atoms with van der Waals surface area (Å²) >= 11 is 0. The van der Waals surface area contributed by atoms with Crippen LogP contribution in [0, 0.1) is 6.92 Å². The average molecular weight is 189 g/mol. The molecule has 2 aromatic heterocycles. The van der Waals surface area contributed by atoms with Crippen LogP contribution < -0.4 is 5.73 Å². The lowest BCUT2D eigenvalue weighted by Gasteiger charge is -1.97. The Morgan fingerprint density at radius 2 is 2.29 bits per heavy atom. The molecule has 0 aromatic carbocycles. The van der Waals surface area contributed by atoms with Crippen LogP contribution in [0.25, 0.3) is 11.4 Å². The molecule has 0 saturated carbocycles. The Morgan fingerprint density at radius 1 is 1.43 bits per heavy atom. The number of aromatic nitrogens is 4. The van der Waals surface area contributed by atoms with Crippen LogP contribution in [0.2, 0.25) is 0 Å². The van der Waals surface area contributed by atoms with Gasteiger partial charge >= 0.3 is 0 Å². The Kier molecular flexibility index (Phi) is 2.24. The molecule has 3 N–H and O–H groups in total. The minimum absolute atomic E-state index is 0.344. The molecule has 0 atom stereocenters. The number of H-pyrrole nitrogens is 1. The van der Waals surface area contributed by atoms with Crippen LogP contribution in [-0.4, -0.2) is 20.2 Å². The SMILES string of the molecule is Cc1cc(-c2ccnc(CN)n2)n[nH]1. The second kappa shape index (κ2) is 3.55. The van der Waals surface area contributed by atoms with Crippen molar-refractivity contribution in [3.63, 3.8) is 0 Å². The van der Waals surface area contributed by atoms with Gasteiger partial charge in [-0.2, -0.15) is 5.10 Å². The Hall–Kier alpha value is -1.75. The van der Waals surface area contributed by atoms with E-state index in [1.807, 2.05) is 19.1 Å². The van der Waals surface area contributed by atoms with E-state index in [1.165, 1.54) is 0 Å². The fourth-order valence-corrected chi connectivity index (χ4v) is 1.19. The van der Waals surface area contributed by atoms with Crippen LogP contribution in [0.15, 0.2) is 18.3 Å². The number of nitrogens with one attached hydrogen (secondary N) is 1. The Bertz CT molecular complexity index is 434. The predicted octanol–water partition coefficient (Wildman–Crippen LogP) is 0.634. The van der Waals surface area contributed by atoms with Gasteiger partial charge in [-0.25, -0.2) is 9.97 Å². The summed E-state index contributed by atoms with van der Waals surface area (Å²) in [4.78, 5) is 8.27. The molecule has 0 aliphatic rings. The zero-order chi connectivity index (χ0) is 9.97. The lowest BCUT2D eigenvalue weighted by molar-refractivity contribution is 0.908. The Morgan fingerprint density at radius 3 is 2.93 bits per heavy atom. The molecule has 5 heteroatoms. The third-order valence-corrected chi connectivity index (χ3v) is 1.86. The van der Waals surface area contributed by atoms with Gasteiger partial charge in [-0.1, -0.05) is 0 Å². The molecule has 0 aliphatic heterocycles. The summed E-state index contributed by atoms with van der Waals surface area (Å²) in [5.74, 6) is 0.628. The van der Waals surface area contributed by atoms with E-state index in [0.29, 0.717) is 12.4 Å². The van der Waals surface area contributed by atoms with Crippen molar-refractivity contribution < 1.29 is 0 Å². The monoisotopic (exact) mass is 189 g/mol. The van der Waals surface area contributed by atoms with Gasteiger partial charge in [0.25, 0.3) is 0 Å². The summed E-state index contributed by atoms with van der Waals surface area (Å²) in [6.45, 7) is 2.29. The molecule has 0 bridgehead atoms. The second-order valence-electron chi connectivity index (χ2n) is 3.00. The third kappa shape index (κ3) is 1.62. The Balaban J connectivity index is 2.41. The topological polar surface area (TPSA) is 80.5 Å². The largest absolute Gasteiger partial charge is 0.324 e. The van der Waals surface area contributed by atoms with Crippen LogP contribution in [0.3, 0.4) is 0 Å². The summed E-state index contributed by atoms with van der Waals surface area (Å²) < 4.78 is 0. The molecule has 0 saturated heterocycles. The van der Waals surface area contributed by atoms with E-state index in [-0.39, 0.29) is 0 Å². The normalized spacial score (nSPS) is 10.4. The number of hydrogen-bond acceptors (Lipinski definition) is 4. The molecule has 5 nitrogen and oxygen atoms in total. The van der Waals surface area contributed by atoms with Gasteiger partial charge in [0.1, 0.15) is 11.5 Å². The summed E-state index contributed by atoms with van der Waals surface area (Å²) in [5, 5.41) is 6.97. The molecule has 0 aliphatic carbocycles. The van der Waals surface area contributed by atoms with Crippen molar-refractivity contribution in [2.45, 2.75) is 13.5 Å². The van der Waals surface area contributed by atoms with Crippen LogP contribution in [0.5, 0.6) is 0 Å². The molecule has 0 amide bonds. The molecule has 0 unspecified atom stereocenters. The Labute approximate surface area is 81.4 Å². The third-order valence-electron chi connectivity index (χ3n) is 1.86. The van der Waals surface area contributed by atoms with Crippen LogP contribution in [-0.2, 0) is 6.54 Å². The van der Waals surface area contributed by atoms with Gasteiger partial charge < -0.3 is 5.73 Å². The van der Waals surface area contributed by atoms with Crippen LogP contribution in [0.1, 0.15) is 11.5 Å². The maximum absolute atomic E-state index is 5.45. The van der Waals surface area contributed by atoms with E-state index in [0.717, 1.165) is 17.1 Å². The van der Waals surface area contributed by atoms with E-state index >= 15 is 0 Å². The molecule has 0 radical (unpaired) electrons. The van der Waals surface area contributed by atoms with Crippen molar-refractivity contribution in [1.29, 1.82) is 0 Å². The minimum atomic E-state index is 0.344. The van der Waals surface area contributed by atoms with Gasteiger partial charge in [-0.15, -0.1) is 0 Å². The highest BCUT2D eigenvalue weighted by atomic mass is 15.1. The number of rotatable bonds is 2. The van der Waals surface area contributed by atoms with Gasteiger partial charge in [0.05, 0.1) is 12.2 Å². The first-order valence-corrected chi connectivity index (χ1v) is 4.34. The lowest BCUT2D eigenvalue weighted by Crippen LogP contribution is -2.03. The summed E-state index contributed by atoms with van der Waals surface area (Å²) in [5.41, 5.74) is 8.07. The van der Waals surface area contributed by atoms with E-state index in [4.69, 9.17) is 5.73 Å². The number of nitrogens with two attached hydrogens (primary N) is 1. The van der Waals surface area contributed by atoms with Crippen molar-refractivity contribution in [2.75, 3.05) is 0 Å². The van der Waals surface area contributed by atoms with Gasteiger partial charge in [0.15, 0.2) is 0 Å². The number of aryl methyl sites for hydroxylation is 1. The number of hydrogen-bond donors (Lipinski definition) is 2. The average Bonchev–Trinajstić information content (AvgIpc) is 2.65. The van der Waals surface area contributed by atoms with Gasteiger partial charge in [0.2, 0.25) is 0 Å². The van der Waals surface area contributed by atoms with Gasteiger partial charge in [-0.05, 0) is 19.1 Å². The molecular formula is C9H11N5. The number of nitrogens with zero attached hydrogens (tertiary/aromatic N) is 3. The molecular weight excluding hydrogens is 178 g/mol. The summed E-state index contributed by atoms with van der Waals surface area (Å²) in [6.07, 6.45) is 1.69. The molecule has 72 valence electrons. The first kappa shape index (κ1) is 8.83.